The monoisotopic (exact) mass is 216 g/mol. The highest BCUT2D eigenvalue weighted by Crippen LogP contribution is 1.80. The molecule has 0 fully saturated rings. The molecule has 0 saturated carbocycles. The molecule has 2 amide bonds. The summed E-state index contributed by atoms with van der Waals surface area (Å²) in [7, 11) is 0. The average Bonchev–Trinajstić information content (AvgIpc) is 2.11. The zero-order chi connectivity index (χ0) is 11.8. The summed E-state index contributed by atoms with van der Waals surface area (Å²) in [5.74, 6) is -0.710. The van der Waals surface area contributed by atoms with Crippen molar-refractivity contribution in [2.45, 2.75) is 46.2 Å². The highest BCUT2D eigenvalue weighted by atomic mass is 16.2. The van der Waals surface area contributed by atoms with Gasteiger partial charge in [0.15, 0.2) is 0 Å². The van der Waals surface area contributed by atoms with Crippen LogP contribution in [0, 0.1) is 0 Å². The molecule has 0 radical (unpaired) electrons. The SMILES string of the molecule is CC(C)NNC(=O)CC(=O)NNC(C)C. The van der Waals surface area contributed by atoms with Crippen LogP contribution < -0.4 is 21.7 Å². The summed E-state index contributed by atoms with van der Waals surface area (Å²) in [6.07, 6.45) is -0.195. The second-order valence-electron chi connectivity index (χ2n) is 3.87. The van der Waals surface area contributed by atoms with Crippen molar-refractivity contribution in [1.82, 2.24) is 21.7 Å². The molecule has 0 heterocycles. The molecule has 0 aliphatic heterocycles. The van der Waals surface area contributed by atoms with Gasteiger partial charge in [0.05, 0.1) is 0 Å². The Bertz CT molecular complexity index is 194. The minimum atomic E-state index is -0.355. The maximum atomic E-state index is 11.1. The normalized spacial score (nSPS) is 10.5. The number of hydrogen-bond acceptors (Lipinski definition) is 4. The minimum absolute atomic E-state index is 0.144. The standard InChI is InChI=1S/C9H20N4O2/c1-6(2)10-12-8(14)5-9(15)13-11-7(3)4/h6-7,10-11H,5H2,1-4H3,(H,12,14)(H,13,15). The lowest BCUT2D eigenvalue weighted by Gasteiger charge is -2.11. The van der Waals surface area contributed by atoms with Gasteiger partial charge in [-0.3, -0.25) is 20.4 Å². The average molecular weight is 216 g/mol. The maximum Gasteiger partial charge on any atom is 0.243 e. The zero-order valence-corrected chi connectivity index (χ0v) is 9.68. The molecule has 0 aromatic heterocycles. The summed E-state index contributed by atoms with van der Waals surface area (Å²) in [6, 6.07) is 0.289. The van der Waals surface area contributed by atoms with Crippen molar-refractivity contribution < 1.29 is 9.59 Å². The highest BCUT2D eigenvalue weighted by molar-refractivity contribution is 5.96. The molecular weight excluding hydrogens is 196 g/mol. The number of nitrogens with one attached hydrogen (secondary N) is 4. The second kappa shape index (κ2) is 7.19. The summed E-state index contributed by atoms with van der Waals surface area (Å²) in [5, 5.41) is 0. The van der Waals surface area contributed by atoms with Crippen molar-refractivity contribution in [2.75, 3.05) is 0 Å². The molecule has 6 heteroatoms. The Morgan fingerprint density at radius 1 is 0.867 bits per heavy atom. The Hall–Kier alpha value is -1.14. The van der Waals surface area contributed by atoms with E-state index in [0.29, 0.717) is 0 Å². The van der Waals surface area contributed by atoms with Gasteiger partial charge in [0, 0.05) is 12.1 Å². The van der Waals surface area contributed by atoms with Crippen LogP contribution in [0.3, 0.4) is 0 Å². The van der Waals surface area contributed by atoms with Gasteiger partial charge in [0.2, 0.25) is 11.8 Å². The fourth-order valence-corrected chi connectivity index (χ4v) is 0.684. The Labute approximate surface area is 90.1 Å². The fourth-order valence-electron chi connectivity index (χ4n) is 0.684. The molecule has 0 rings (SSSR count). The molecule has 4 N–H and O–H groups in total. The van der Waals surface area contributed by atoms with Crippen molar-refractivity contribution in [3.05, 3.63) is 0 Å². The van der Waals surface area contributed by atoms with E-state index in [2.05, 4.69) is 21.7 Å². The molecule has 0 unspecified atom stereocenters. The van der Waals surface area contributed by atoms with E-state index in [9.17, 15) is 9.59 Å². The van der Waals surface area contributed by atoms with Crippen LogP contribution in [0.15, 0.2) is 0 Å². The number of hydrogen-bond donors (Lipinski definition) is 4. The first-order valence-corrected chi connectivity index (χ1v) is 5.00. The lowest BCUT2D eigenvalue weighted by Crippen LogP contribution is -2.46. The summed E-state index contributed by atoms with van der Waals surface area (Å²) < 4.78 is 0. The van der Waals surface area contributed by atoms with E-state index >= 15 is 0 Å². The number of rotatable bonds is 6. The van der Waals surface area contributed by atoms with E-state index in [1.54, 1.807) is 0 Å². The van der Waals surface area contributed by atoms with Crippen LogP contribution >= 0.6 is 0 Å². The van der Waals surface area contributed by atoms with E-state index < -0.39 is 0 Å². The largest absolute Gasteiger partial charge is 0.291 e. The third-order valence-corrected chi connectivity index (χ3v) is 1.32. The van der Waals surface area contributed by atoms with E-state index in [-0.39, 0.29) is 30.3 Å². The topological polar surface area (TPSA) is 82.3 Å². The maximum absolute atomic E-state index is 11.1. The van der Waals surface area contributed by atoms with Crippen LogP contribution in [-0.2, 0) is 9.59 Å². The van der Waals surface area contributed by atoms with Crippen LogP contribution in [0.1, 0.15) is 34.1 Å². The molecule has 0 aromatic carbocycles. The molecule has 0 aromatic rings. The molecule has 0 bridgehead atoms. The quantitative estimate of drug-likeness (QED) is 0.354. The van der Waals surface area contributed by atoms with E-state index in [0.717, 1.165) is 0 Å². The Morgan fingerprint density at radius 3 is 1.47 bits per heavy atom. The first kappa shape index (κ1) is 13.9. The van der Waals surface area contributed by atoms with E-state index in [1.807, 2.05) is 27.7 Å². The van der Waals surface area contributed by atoms with Gasteiger partial charge < -0.3 is 0 Å². The van der Waals surface area contributed by atoms with Gasteiger partial charge in [-0.1, -0.05) is 0 Å². The summed E-state index contributed by atoms with van der Waals surface area (Å²) in [6.45, 7) is 7.56. The molecular formula is C9H20N4O2. The van der Waals surface area contributed by atoms with Crippen LogP contribution in [0.5, 0.6) is 0 Å². The molecule has 0 spiro atoms. The Morgan fingerprint density at radius 2 is 1.20 bits per heavy atom. The lowest BCUT2D eigenvalue weighted by molar-refractivity contribution is -0.130. The molecule has 15 heavy (non-hydrogen) atoms. The van der Waals surface area contributed by atoms with E-state index in [1.165, 1.54) is 0 Å². The second-order valence-corrected chi connectivity index (χ2v) is 3.87. The van der Waals surface area contributed by atoms with Gasteiger partial charge in [-0.25, -0.2) is 10.9 Å². The van der Waals surface area contributed by atoms with Gasteiger partial charge >= 0.3 is 0 Å². The lowest BCUT2D eigenvalue weighted by atomic mass is 10.4. The predicted octanol–water partition coefficient (Wildman–Crippen LogP) is -0.565. The van der Waals surface area contributed by atoms with Crippen LogP contribution in [0.25, 0.3) is 0 Å². The van der Waals surface area contributed by atoms with Gasteiger partial charge in [-0.2, -0.15) is 0 Å². The number of carbonyl (C=O) groups is 2. The van der Waals surface area contributed by atoms with Crippen molar-refractivity contribution in [3.63, 3.8) is 0 Å². The van der Waals surface area contributed by atoms with Gasteiger partial charge in [0.1, 0.15) is 6.42 Å². The third kappa shape index (κ3) is 9.17. The first-order valence-electron chi connectivity index (χ1n) is 5.00. The van der Waals surface area contributed by atoms with Crippen molar-refractivity contribution >= 4 is 11.8 Å². The highest BCUT2D eigenvalue weighted by Gasteiger charge is 2.08. The van der Waals surface area contributed by atoms with Crippen LogP contribution in [0.2, 0.25) is 0 Å². The third-order valence-electron chi connectivity index (χ3n) is 1.32. The van der Waals surface area contributed by atoms with E-state index in [4.69, 9.17) is 0 Å². The predicted molar refractivity (Wildman–Crippen MR) is 57.4 cm³/mol. The summed E-state index contributed by atoms with van der Waals surface area (Å²) in [4.78, 5) is 22.3. The zero-order valence-electron chi connectivity index (χ0n) is 9.68. The first-order chi connectivity index (χ1) is 6.91. The fraction of sp³-hybridized carbons (Fsp3) is 0.778. The van der Waals surface area contributed by atoms with Crippen LogP contribution in [0.4, 0.5) is 0 Å². The van der Waals surface area contributed by atoms with Crippen molar-refractivity contribution in [2.24, 2.45) is 0 Å². The van der Waals surface area contributed by atoms with Gasteiger partial charge in [-0.15, -0.1) is 0 Å². The Balaban J connectivity index is 3.63. The summed E-state index contributed by atoms with van der Waals surface area (Å²) in [5.41, 5.74) is 10.3. The molecule has 6 nitrogen and oxygen atoms in total. The van der Waals surface area contributed by atoms with Gasteiger partial charge in [-0.05, 0) is 27.7 Å². The van der Waals surface area contributed by atoms with Crippen LogP contribution in [-0.4, -0.2) is 23.9 Å². The molecule has 88 valence electrons. The number of hydrazine groups is 2. The Kier molecular flexibility index (Phi) is 6.64. The van der Waals surface area contributed by atoms with Crippen molar-refractivity contribution in [1.29, 1.82) is 0 Å². The molecule has 0 aliphatic rings. The minimum Gasteiger partial charge on any atom is -0.291 e. The molecule has 0 saturated heterocycles. The smallest absolute Gasteiger partial charge is 0.243 e. The number of carbonyl (C=O) groups excluding carboxylic acids is 2. The van der Waals surface area contributed by atoms with Gasteiger partial charge in [0.25, 0.3) is 0 Å². The summed E-state index contributed by atoms with van der Waals surface area (Å²) >= 11 is 0. The molecule has 0 aliphatic carbocycles. The van der Waals surface area contributed by atoms with Crippen molar-refractivity contribution in [3.8, 4) is 0 Å². The number of amides is 2. The molecule has 0 atom stereocenters.